The van der Waals surface area contributed by atoms with Gasteiger partial charge in [0.1, 0.15) is 0 Å². The van der Waals surface area contributed by atoms with Gasteiger partial charge in [0.25, 0.3) is 6.71 Å². The first kappa shape index (κ1) is 41.1. The highest BCUT2D eigenvalue weighted by Gasteiger charge is 2.44. The second-order valence-electron chi connectivity index (χ2n) is 21.8. The Balaban J connectivity index is 0.994. The zero-order valence-electron chi connectivity index (χ0n) is 42.2. The summed E-state index contributed by atoms with van der Waals surface area (Å²) >= 11 is 0. The van der Waals surface area contributed by atoms with Gasteiger partial charge < -0.3 is 14.0 Å². The highest BCUT2D eigenvalue weighted by atomic mass is 15.2. The van der Waals surface area contributed by atoms with Crippen molar-refractivity contribution >= 4 is 105 Å². The fraction of sp³-hybridized carbons (Fsp3) is 0. The summed E-state index contributed by atoms with van der Waals surface area (Å²) in [5, 5.41) is 10.5. The van der Waals surface area contributed by atoms with Crippen LogP contribution in [0.4, 0.5) is 17.1 Å². The van der Waals surface area contributed by atoms with Gasteiger partial charge in [-0.25, -0.2) is 0 Å². The van der Waals surface area contributed by atoms with E-state index in [1.165, 1.54) is 165 Å². The molecular formula is C74H42BN3. The third-order valence-corrected chi connectivity index (χ3v) is 18.1. The number of rotatable bonds is 4. The quantitative estimate of drug-likeness (QED) is 0.160. The Kier molecular flexibility index (Phi) is 7.82. The van der Waals surface area contributed by atoms with E-state index in [2.05, 4.69) is 269 Å². The average Bonchev–Trinajstić information content (AvgIpc) is 2.97. The molecule has 19 rings (SSSR count). The zero-order valence-corrected chi connectivity index (χ0v) is 42.2. The van der Waals surface area contributed by atoms with E-state index in [0.29, 0.717) is 0 Å². The Bertz CT molecular complexity index is 5200. The lowest BCUT2D eigenvalue weighted by molar-refractivity contribution is 1.13. The van der Waals surface area contributed by atoms with Gasteiger partial charge in [0.15, 0.2) is 0 Å². The molecule has 0 saturated heterocycles. The van der Waals surface area contributed by atoms with Crippen molar-refractivity contribution in [3.05, 3.63) is 255 Å². The lowest BCUT2D eigenvalue weighted by Crippen LogP contribution is -2.60. The standard InChI is InChI=1S/C74H42BN3/c1-3-15-43(16-4-1)45-31-35-49(36-32-45)76-61-37-34-47(44-17-5-2-6-18-44)39-59(61)75-60-40-48-20-12-26-56-52-22-8-10-24-54(52)58-28-14-30-63-70(58)72(68(48)56)74(60)78(63)66-42-50(41-65(76)73(66)75)77-62-29-13-27-57-53-23-9-7-21-51(53)55-25-11-19-46-33-38-64(77)71(67(46)55)69(57)62/h1-42H. The minimum absolute atomic E-state index is 0.0835. The minimum Gasteiger partial charge on any atom is -0.311 e. The Morgan fingerprint density at radius 3 is 1.42 bits per heavy atom. The van der Waals surface area contributed by atoms with Gasteiger partial charge in [-0.05, 0) is 153 Å². The normalized spacial score (nSPS) is 13.1. The van der Waals surface area contributed by atoms with Crippen LogP contribution in [0.25, 0.3) is 143 Å². The molecule has 4 aliphatic rings. The summed E-state index contributed by atoms with van der Waals surface area (Å²) in [7, 11) is 0. The van der Waals surface area contributed by atoms with E-state index in [-0.39, 0.29) is 6.71 Å². The van der Waals surface area contributed by atoms with Gasteiger partial charge >= 0.3 is 0 Å². The van der Waals surface area contributed by atoms with E-state index in [0.717, 1.165) is 11.4 Å². The Hall–Kier alpha value is -10.2. The maximum Gasteiger partial charge on any atom is 0.252 e. The number of fused-ring (bicyclic) bond motifs is 11. The maximum absolute atomic E-state index is 2.68. The summed E-state index contributed by atoms with van der Waals surface area (Å²) in [4.78, 5) is 2.59. The number of benzene rings is 13. The number of hydrogen-bond acceptors (Lipinski definition) is 1. The predicted molar refractivity (Wildman–Crippen MR) is 329 cm³/mol. The third kappa shape index (κ3) is 5.15. The molecule has 0 atom stereocenters. The molecule has 0 unspecified atom stereocenters. The van der Waals surface area contributed by atoms with Gasteiger partial charge in [0.05, 0.1) is 27.8 Å². The van der Waals surface area contributed by atoms with Gasteiger partial charge in [-0.1, -0.05) is 206 Å². The van der Waals surface area contributed by atoms with Crippen molar-refractivity contribution < 1.29 is 0 Å². The SMILES string of the molecule is c1ccc(-c2ccc(N3c4ccc(-c5ccccc5)cc4B4c5c3cc(-n3c6cccc7c6c6c8c(cccc8ccc63)-c3ccccc3-7)cc5-n3c5cccc6c5c5c7c(cccc7cc4c53)-c3ccccc3-6)cc2)cc1. The Morgan fingerprint density at radius 1 is 0.256 bits per heavy atom. The van der Waals surface area contributed by atoms with E-state index >= 15 is 0 Å². The summed E-state index contributed by atoms with van der Waals surface area (Å²) in [6.45, 7) is -0.0835. The molecule has 3 nitrogen and oxygen atoms in total. The highest BCUT2D eigenvalue weighted by Crippen LogP contribution is 2.54. The molecule has 2 aromatic heterocycles. The lowest BCUT2D eigenvalue weighted by Gasteiger charge is -2.41. The molecule has 15 aromatic rings. The van der Waals surface area contributed by atoms with Gasteiger partial charge in [0.2, 0.25) is 0 Å². The van der Waals surface area contributed by atoms with Gasteiger partial charge in [0, 0.05) is 44.3 Å². The molecular weight excluding hydrogens is 942 g/mol. The van der Waals surface area contributed by atoms with Crippen LogP contribution in [0.5, 0.6) is 0 Å². The van der Waals surface area contributed by atoms with Crippen LogP contribution in [-0.4, -0.2) is 15.8 Å². The molecule has 0 saturated carbocycles. The second kappa shape index (κ2) is 14.8. The smallest absolute Gasteiger partial charge is 0.252 e. The van der Waals surface area contributed by atoms with Crippen LogP contribution in [0.3, 0.4) is 0 Å². The van der Waals surface area contributed by atoms with Crippen LogP contribution in [0.2, 0.25) is 0 Å². The van der Waals surface area contributed by atoms with Crippen LogP contribution in [0, 0.1) is 0 Å². The fourth-order valence-electron chi connectivity index (χ4n) is 15.1. The minimum atomic E-state index is -0.0835. The van der Waals surface area contributed by atoms with Crippen molar-refractivity contribution in [2.45, 2.75) is 0 Å². The number of hydrogen-bond donors (Lipinski definition) is 0. The zero-order chi connectivity index (χ0) is 50.5. The van der Waals surface area contributed by atoms with Crippen LogP contribution < -0.4 is 21.3 Å². The summed E-state index contributed by atoms with van der Waals surface area (Å²) in [6.07, 6.45) is 0. The van der Waals surface area contributed by atoms with Crippen LogP contribution in [0.1, 0.15) is 0 Å². The average molecular weight is 984 g/mol. The number of aromatic nitrogens is 2. The largest absolute Gasteiger partial charge is 0.311 e. The van der Waals surface area contributed by atoms with E-state index in [1.807, 2.05) is 0 Å². The number of nitrogens with zero attached hydrogens (tertiary/aromatic N) is 3. The maximum atomic E-state index is 2.68. The molecule has 0 radical (unpaired) electrons. The van der Waals surface area contributed by atoms with E-state index < -0.39 is 0 Å². The van der Waals surface area contributed by atoms with Crippen molar-refractivity contribution in [1.82, 2.24) is 9.13 Å². The van der Waals surface area contributed by atoms with E-state index in [4.69, 9.17) is 0 Å². The van der Waals surface area contributed by atoms with E-state index in [9.17, 15) is 0 Å². The Morgan fingerprint density at radius 2 is 0.756 bits per heavy atom. The molecule has 0 fully saturated rings. The van der Waals surface area contributed by atoms with Gasteiger partial charge in [-0.15, -0.1) is 0 Å². The molecule has 4 heterocycles. The Labute approximate surface area is 449 Å². The number of anilines is 3. The summed E-state index contributed by atoms with van der Waals surface area (Å²) in [5.41, 5.74) is 29.8. The van der Waals surface area contributed by atoms with Crippen molar-refractivity contribution in [2.75, 3.05) is 4.90 Å². The van der Waals surface area contributed by atoms with Crippen molar-refractivity contribution in [3.8, 4) is 78.1 Å². The molecule has 2 aliphatic heterocycles. The summed E-state index contributed by atoms with van der Waals surface area (Å²) < 4.78 is 5.28. The molecule has 78 heavy (non-hydrogen) atoms. The predicted octanol–water partition coefficient (Wildman–Crippen LogP) is 17.4. The van der Waals surface area contributed by atoms with Gasteiger partial charge in [-0.2, -0.15) is 0 Å². The molecule has 0 bridgehead atoms. The molecule has 4 heteroatoms. The van der Waals surface area contributed by atoms with Crippen molar-refractivity contribution in [3.63, 3.8) is 0 Å². The van der Waals surface area contributed by atoms with Crippen LogP contribution in [-0.2, 0) is 0 Å². The first-order valence-corrected chi connectivity index (χ1v) is 27.3. The van der Waals surface area contributed by atoms with E-state index in [1.54, 1.807) is 0 Å². The topological polar surface area (TPSA) is 13.1 Å². The molecule has 0 N–H and O–H groups in total. The highest BCUT2D eigenvalue weighted by molar-refractivity contribution is 7.00. The van der Waals surface area contributed by atoms with Crippen molar-refractivity contribution in [2.24, 2.45) is 0 Å². The van der Waals surface area contributed by atoms with Crippen LogP contribution in [0.15, 0.2) is 255 Å². The molecule has 13 aromatic carbocycles. The summed E-state index contributed by atoms with van der Waals surface area (Å²) in [5.74, 6) is 0. The molecule has 0 spiro atoms. The first-order chi connectivity index (χ1) is 38.7. The lowest BCUT2D eigenvalue weighted by atomic mass is 9.33. The second-order valence-corrected chi connectivity index (χ2v) is 21.8. The first-order valence-electron chi connectivity index (χ1n) is 27.3. The van der Waals surface area contributed by atoms with Gasteiger partial charge in [-0.3, -0.25) is 0 Å². The third-order valence-electron chi connectivity index (χ3n) is 18.1. The summed E-state index contributed by atoms with van der Waals surface area (Å²) in [6, 6.07) is 96.6. The van der Waals surface area contributed by atoms with Crippen LogP contribution >= 0.6 is 0 Å². The fourth-order valence-corrected chi connectivity index (χ4v) is 15.1. The molecule has 356 valence electrons. The molecule has 0 amide bonds. The molecule has 2 aliphatic carbocycles. The monoisotopic (exact) mass is 983 g/mol. The van der Waals surface area contributed by atoms with Crippen molar-refractivity contribution in [1.29, 1.82) is 0 Å².